The Labute approximate surface area is 114 Å². The molecule has 0 aliphatic carbocycles. The van der Waals surface area contributed by atoms with Gasteiger partial charge in [0.05, 0.1) is 0 Å². The van der Waals surface area contributed by atoms with Crippen LogP contribution in [0.2, 0.25) is 0 Å². The van der Waals surface area contributed by atoms with E-state index in [4.69, 9.17) is 4.74 Å². The fraction of sp³-hybridized carbons (Fsp3) is 0.462. The third-order valence-electron chi connectivity index (χ3n) is 3.55. The summed E-state index contributed by atoms with van der Waals surface area (Å²) in [5.74, 6) is 0. The van der Waals surface area contributed by atoms with Gasteiger partial charge in [-0.05, 0) is 30.5 Å². The molecule has 18 heavy (non-hydrogen) atoms. The molecule has 1 aromatic carbocycles. The fourth-order valence-corrected chi connectivity index (χ4v) is 2.90. The van der Waals surface area contributed by atoms with E-state index < -0.39 is 0 Å². The van der Waals surface area contributed by atoms with Crippen LogP contribution in [0.1, 0.15) is 18.4 Å². The molecule has 0 spiro atoms. The fourth-order valence-electron chi connectivity index (χ4n) is 2.54. The summed E-state index contributed by atoms with van der Waals surface area (Å²) in [5, 5.41) is 2.96. The first-order chi connectivity index (χ1) is 8.74. The van der Waals surface area contributed by atoms with Crippen LogP contribution < -0.4 is 5.32 Å². The molecule has 2 aliphatic heterocycles. The Bertz CT molecular complexity index is 472. The van der Waals surface area contributed by atoms with E-state index in [1.165, 1.54) is 5.56 Å². The van der Waals surface area contributed by atoms with Gasteiger partial charge in [0, 0.05) is 36.0 Å². The van der Waals surface area contributed by atoms with Crippen LogP contribution in [-0.4, -0.2) is 30.2 Å². The van der Waals surface area contributed by atoms with E-state index in [0.29, 0.717) is 12.6 Å². The van der Waals surface area contributed by atoms with Crippen molar-refractivity contribution in [3.63, 3.8) is 0 Å². The molecule has 0 saturated carbocycles. The number of hydrogen-bond acceptors (Lipinski definition) is 2. The number of rotatable bonds is 1. The number of carbonyl (C=O) groups excluding carboxylic acids is 1. The lowest BCUT2D eigenvalue weighted by molar-refractivity contribution is 0.0453. The van der Waals surface area contributed by atoms with Crippen LogP contribution in [0.15, 0.2) is 22.7 Å². The zero-order valence-electron chi connectivity index (χ0n) is 9.99. The number of benzene rings is 1. The third-order valence-corrected chi connectivity index (χ3v) is 4.04. The second-order valence-electron chi connectivity index (χ2n) is 4.70. The van der Waals surface area contributed by atoms with Gasteiger partial charge >= 0.3 is 6.03 Å². The molecule has 1 N–H and O–H groups in total. The van der Waals surface area contributed by atoms with Crippen LogP contribution in [-0.2, 0) is 11.3 Å². The van der Waals surface area contributed by atoms with Crippen molar-refractivity contribution >= 4 is 27.6 Å². The second-order valence-corrected chi connectivity index (χ2v) is 5.62. The first-order valence-corrected chi connectivity index (χ1v) is 6.97. The summed E-state index contributed by atoms with van der Waals surface area (Å²) in [6.07, 6.45) is 1.86. The minimum Gasteiger partial charge on any atom is -0.381 e. The van der Waals surface area contributed by atoms with E-state index in [1.54, 1.807) is 0 Å². The summed E-state index contributed by atoms with van der Waals surface area (Å²) < 4.78 is 6.33. The van der Waals surface area contributed by atoms with Gasteiger partial charge in [-0.15, -0.1) is 0 Å². The Hall–Kier alpha value is -1.07. The number of urea groups is 1. The highest BCUT2D eigenvalue weighted by atomic mass is 79.9. The summed E-state index contributed by atoms with van der Waals surface area (Å²) in [5.41, 5.74) is 2.09. The van der Waals surface area contributed by atoms with Crippen molar-refractivity contribution in [3.05, 3.63) is 28.2 Å². The van der Waals surface area contributed by atoms with Crippen molar-refractivity contribution in [2.24, 2.45) is 0 Å². The average molecular weight is 311 g/mol. The lowest BCUT2D eigenvalue weighted by Gasteiger charge is -2.37. The van der Waals surface area contributed by atoms with Gasteiger partial charge in [-0.25, -0.2) is 4.79 Å². The molecule has 0 unspecified atom stereocenters. The minimum atomic E-state index is 0.00694. The SMILES string of the molecule is O=C1Nc2cc(Br)ccc2CN1C1CCOCC1. The Morgan fingerprint density at radius 3 is 2.89 bits per heavy atom. The van der Waals surface area contributed by atoms with Gasteiger partial charge in [-0.1, -0.05) is 22.0 Å². The smallest absolute Gasteiger partial charge is 0.322 e. The zero-order valence-corrected chi connectivity index (χ0v) is 11.6. The lowest BCUT2D eigenvalue weighted by Crippen LogP contribution is -2.47. The molecule has 4 nitrogen and oxygen atoms in total. The summed E-state index contributed by atoms with van der Waals surface area (Å²) >= 11 is 3.42. The van der Waals surface area contributed by atoms with E-state index in [1.807, 2.05) is 17.0 Å². The molecule has 96 valence electrons. The molecule has 1 aromatic rings. The Balaban J connectivity index is 1.82. The molecule has 5 heteroatoms. The maximum absolute atomic E-state index is 12.1. The third kappa shape index (κ3) is 2.24. The quantitative estimate of drug-likeness (QED) is 0.866. The van der Waals surface area contributed by atoms with E-state index in [9.17, 15) is 4.79 Å². The van der Waals surface area contributed by atoms with Crippen LogP contribution in [0.25, 0.3) is 0 Å². The predicted octanol–water partition coefficient (Wildman–Crippen LogP) is 2.98. The largest absolute Gasteiger partial charge is 0.381 e. The number of fused-ring (bicyclic) bond motifs is 1. The monoisotopic (exact) mass is 310 g/mol. The molecular weight excluding hydrogens is 296 g/mol. The van der Waals surface area contributed by atoms with Crippen LogP contribution in [0.4, 0.5) is 10.5 Å². The van der Waals surface area contributed by atoms with Crippen molar-refractivity contribution in [1.29, 1.82) is 0 Å². The topological polar surface area (TPSA) is 41.6 Å². The average Bonchev–Trinajstić information content (AvgIpc) is 2.39. The van der Waals surface area contributed by atoms with Gasteiger partial charge in [-0.2, -0.15) is 0 Å². The minimum absolute atomic E-state index is 0.00694. The molecule has 0 radical (unpaired) electrons. The normalized spacial score (nSPS) is 20.5. The lowest BCUT2D eigenvalue weighted by atomic mass is 10.0. The zero-order chi connectivity index (χ0) is 12.5. The number of nitrogens with zero attached hydrogens (tertiary/aromatic N) is 1. The maximum atomic E-state index is 12.1. The van der Waals surface area contributed by atoms with Gasteiger partial charge in [0.15, 0.2) is 0 Å². The highest BCUT2D eigenvalue weighted by Gasteiger charge is 2.30. The predicted molar refractivity (Wildman–Crippen MR) is 72.5 cm³/mol. The van der Waals surface area contributed by atoms with Crippen LogP contribution >= 0.6 is 15.9 Å². The van der Waals surface area contributed by atoms with Gasteiger partial charge in [0.2, 0.25) is 0 Å². The van der Waals surface area contributed by atoms with Crippen LogP contribution in [0.5, 0.6) is 0 Å². The molecule has 2 aliphatic rings. The van der Waals surface area contributed by atoms with Gasteiger partial charge < -0.3 is 15.0 Å². The van der Waals surface area contributed by atoms with Crippen LogP contribution in [0, 0.1) is 0 Å². The molecule has 0 bridgehead atoms. The highest BCUT2D eigenvalue weighted by molar-refractivity contribution is 9.10. The number of hydrogen-bond donors (Lipinski definition) is 1. The number of amides is 2. The summed E-state index contributed by atoms with van der Waals surface area (Å²) in [6.45, 7) is 2.20. The molecule has 2 amide bonds. The standard InChI is InChI=1S/C13H15BrN2O2/c14-10-2-1-9-8-16(11-3-5-18-6-4-11)13(17)15-12(9)7-10/h1-2,7,11H,3-6,8H2,(H,15,17). The van der Waals surface area contributed by atoms with Crippen molar-refractivity contribution in [2.45, 2.75) is 25.4 Å². The summed E-state index contributed by atoms with van der Waals surface area (Å²) in [4.78, 5) is 14.1. The number of anilines is 1. The summed E-state index contributed by atoms with van der Waals surface area (Å²) in [6, 6.07) is 6.33. The molecule has 1 fully saturated rings. The van der Waals surface area contributed by atoms with E-state index in [0.717, 1.165) is 36.2 Å². The van der Waals surface area contributed by atoms with E-state index in [2.05, 4.69) is 27.3 Å². The number of ether oxygens (including phenoxy) is 1. The van der Waals surface area contributed by atoms with E-state index in [-0.39, 0.29) is 6.03 Å². The first-order valence-electron chi connectivity index (χ1n) is 6.18. The number of carbonyl (C=O) groups is 1. The van der Waals surface area contributed by atoms with Crippen LogP contribution in [0.3, 0.4) is 0 Å². The highest BCUT2D eigenvalue weighted by Crippen LogP contribution is 2.29. The van der Waals surface area contributed by atoms with Gasteiger partial charge in [-0.3, -0.25) is 0 Å². The van der Waals surface area contributed by atoms with Crippen molar-refractivity contribution < 1.29 is 9.53 Å². The van der Waals surface area contributed by atoms with Gasteiger partial charge in [0.25, 0.3) is 0 Å². The molecule has 0 atom stereocenters. The Morgan fingerprint density at radius 1 is 1.33 bits per heavy atom. The molecule has 3 rings (SSSR count). The molecule has 0 aromatic heterocycles. The second kappa shape index (κ2) is 4.90. The number of nitrogens with one attached hydrogen (secondary N) is 1. The first kappa shape index (κ1) is 12.0. The Kier molecular flexibility index (Phi) is 3.26. The molecular formula is C13H15BrN2O2. The van der Waals surface area contributed by atoms with E-state index >= 15 is 0 Å². The van der Waals surface area contributed by atoms with Crippen molar-refractivity contribution in [1.82, 2.24) is 4.90 Å². The summed E-state index contributed by atoms with van der Waals surface area (Å²) in [7, 11) is 0. The molecule has 2 heterocycles. The van der Waals surface area contributed by atoms with Crippen molar-refractivity contribution in [2.75, 3.05) is 18.5 Å². The maximum Gasteiger partial charge on any atom is 0.322 e. The number of halogens is 1. The Morgan fingerprint density at radius 2 is 2.11 bits per heavy atom. The molecule has 1 saturated heterocycles. The van der Waals surface area contributed by atoms with Crippen molar-refractivity contribution in [3.8, 4) is 0 Å². The van der Waals surface area contributed by atoms with Gasteiger partial charge in [0.1, 0.15) is 0 Å².